The van der Waals surface area contributed by atoms with Crippen molar-refractivity contribution < 1.29 is 0 Å². The quantitative estimate of drug-likeness (QED) is 0.905. The van der Waals surface area contributed by atoms with Gasteiger partial charge in [0.05, 0.1) is 10.0 Å². The zero-order chi connectivity index (χ0) is 13.8. The monoisotopic (exact) mass is 295 g/mol. The predicted octanol–water partition coefficient (Wildman–Crippen LogP) is 3.47. The molecule has 2 N–H and O–H groups in total. The van der Waals surface area contributed by atoms with E-state index in [1.807, 2.05) is 6.92 Å². The zero-order valence-electron chi connectivity index (χ0n) is 10.2. The van der Waals surface area contributed by atoms with E-state index >= 15 is 0 Å². The zero-order valence-corrected chi connectivity index (χ0v) is 11.7. The Morgan fingerprint density at radius 3 is 2.84 bits per heavy atom. The molecule has 2 aromatic heterocycles. The van der Waals surface area contributed by atoms with Crippen molar-refractivity contribution in [3.8, 4) is 17.5 Å². The van der Waals surface area contributed by atoms with Gasteiger partial charge in [-0.3, -0.25) is 10.1 Å². The summed E-state index contributed by atoms with van der Waals surface area (Å²) in [6.45, 7) is 2.78. The molecule has 19 heavy (non-hydrogen) atoms. The number of hydrogen-bond donors (Lipinski definition) is 2. The van der Waals surface area contributed by atoms with Crippen molar-refractivity contribution in [2.45, 2.75) is 13.3 Å². The van der Waals surface area contributed by atoms with Crippen molar-refractivity contribution in [1.82, 2.24) is 15.2 Å². The highest BCUT2D eigenvalue weighted by Gasteiger charge is 2.18. The summed E-state index contributed by atoms with van der Waals surface area (Å²) in [6.07, 6.45) is 2.41. The number of pyridine rings is 1. The fourth-order valence-corrected chi connectivity index (χ4v) is 2.06. The average molecular weight is 296 g/mol. The smallest absolute Gasteiger partial charge is 0.140 e. The van der Waals surface area contributed by atoms with E-state index in [0.29, 0.717) is 32.8 Å². The van der Waals surface area contributed by atoms with E-state index in [2.05, 4.69) is 26.6 Å². The second-order valence-corrected chi connectivity index (χ2v) is 4.69. The second-order valence-electron chi connectivity index (χ2n) is 3.84. The lowest BCUT2D eigenvalue weighted by Gasteiger charge is -2.02. The van der Waals surface area contributed by atoms with Crippen molar-refractivity contribution in [2.75, 3.05) is 11.9 Å². The molecule has 0 aliphatic rings. The van der Waals surface area contributed by atoms with Crippen LogP contribution in [0, 0.1) is 11.3 Å². The Morgan fingerprint density at radius 2 is 2.21 bits per heavy atom. The molecular weight excluding hydrogens is 285 g/mol. The van der Waals surface area contributed by atoms with E-state index in [-0.39, 0.29) is 0 Å². The summed E-state index contributed by atoms with van der Waals surface area (Å²) in [7, 11) is 0. The van der Waals surface area contributed by atoms with Gasteiger partial charge in [-0.2, -0.15) is 10.4 Å². The molecule has 0 saturated carbocycles. The van der Waals surface area contributed by atoms with Gasteiger partial charge in [0.1, 0.15) is 28.8 Å². The first-order valence-corrected chi connectivity index (χ1v) is 6.46. The molecular formula is C12H11Cl2N5. The van der Waals surface area contributed by atoms with Crippen molar-refractivity contribution >= 4 is 29.0 Å². The van der Waals surface area contributed by atoms with Crippen LogP contribution in [-0.2, 0) is 0 Å². The number of H-pyrrole nitrogens is 1. The maximum absolute atomic E-state index is 9.25. The minimum atomic E-state index is 0.359. The van der Waals surface area contributed by atoms with Gasteiger partial charge in [-0.15, -0.1) is 0 Å². The van der Waals surface area contributed by atoms with Crippen LogP contribution < -0.4 is 5.32 Å². The van der Waals surface area contributed by atoms with Gasteiger partial charge in [-0.05, 0) is 12.5 Å². The number of aromatic amines is 1. The van der Waals surface area contributed by atoms with E-state index in [1.165, 1.54) is 6.20 Å². The fraction of sp³-hybridized carbons (Fsp3) is 0.250. The van der Waals surface area contributed by atoms with Crippen molar-refractivity contribution in [1.29, 1.82) is 5.26 Å². The van der Waals surface area contributed by atoms with E-state index in [9.17, 15) is 5.26 Å². The number of anilines is 1. The number of halogens is 2. The van der Waals surface area contributed by atoms with Gasteiger partial charge in [0.25, 0.3) is 0 Å². The van der Waals surface area contributed by atoms with Gasteiger partial charge in [0, 0.05) is 12.7 Å². The summed E-state index contributed by atoms with van der Waals surface area (Å²) < 4.78 is 0. The topological polar surface area (TPSA) is 77.4 Å². The van der Waals surface area contributed by atoms with Gasteiger partial charge in [0.15, 0.2) is 0 Å². The van der Waals surface area contributed by atoms with Gasteiger partial charge in [-0.1, -0.05) is 30.1 Å². The molecule has 5 nitrogen and oxygen atoms in total. The highest BCUT2D eigenvalue weighted by molar-refractivity contribution is 6.36. The molecule has 0 aliphatic heterocycles. The molecule has 0 radical (unpaired) electrons. The third kappa shape index (κ3) is 2.80. The van der Waals surface area contributed by atoms with Crippen LogP contribution in [0.2, 0.25) is 10.0 Å². The number of nitriles is 1. The second kappa shape index (κ2) is 5.91. The molecule has 0 fully saturated rings. The molecule has 2 rings (SSSR count). The Bertz CT molecular complexity index is 630. The molecule has 0 amide bonds. The summed E-state index contributed by atoms with van der Waals surface area (Å²) in [5.74, 6) is 0.576. The highest BCUT2D eigenvalue weighted by atomic mass is 35.5. The SMILES string of the molecule is CCCNc1[nH]nc(-c2ncc(Cl)cc2Cl)c1C#N. The first kappa shape index (κ1) is 13.7. The Kier molecular flexibility index (Phi) is 4.25. The predicted molar refractivity (Wildman–Crippen MR) is 75.3 cm³/mol. The number of aromatic nitrogens is 3. The molecule has 0 unspecified atom stereocenters. The minimum absolute atomic E-state index is 0.359. The third-order valence-electron chi connectivity index (χ3n) is 2.46. The molecule has 2 aromatic rings. The van der Waals surface area contributed by atoms with Crippen LogP contribution in [0.25, 0.3) is 11.4 Å². The number of nitrogens with one attached hydrogen (secondary N) is 2. The maximum Gasteiger partial charge on any atom is 0.140 e. The van der Waals surface area contributed by atoms with Gasteiger partial charge in [-0.25, -0.2) is 0 Å². The average Bonchev–Trinajstić information content (AvgIpc) is 2.79. The Morgan fingerprint density at radius 1 is 1.42 bits per heavy atom. The summed E-state index contributed by atoms with van der Waals surface area (Å²) in [4.78, 5) is 4.13. The van der Waals surface area contributed by atoms with Crippen LogP contribution in [0.3, 0.4) is 0 Å². The standard InChI is InChI=1S/C12H11Cl2N5/c1-2-3-16-12-8(5-15)10(18-19-12)11-9(14)4-7(13)6-17-11/h4,6H,2-3H2,1H3,(H2,16,18,19). The Labute approximate surface area is 120 Å². The van der Waals surface area contributed by atoms with Crippen LogP contribution in [0.1, 0.15) is 18.9 Å². The van der Waals surface area contributed by atoms with Crippen molar-refractivity contribution in [2.24, 2.45) is 0 Å². The molecule has 0 aliphatic carbocycles. The molecule has 0 saturated heterocycles. The molecule has 2 heterocycles. The molecule has 0 spiro atoms. The number of nitrogens with zero attached hydrogens (tertiary/aromatic N) is 3. The molecule has 0 aromatic carbocycles. The molecule has 98 valence electrons. The van der Waals surface area contributed by atoms with Crippen LogP contribution in [0.15, 0.2) is 12.3 Å². The van der Waals surface area contributed by atoms with Gasteiger partial charge < -0.3 is 5.32 Å². The lowest BCUT2D eigenvalue weighted by molar-refractivity contribution is 0.960. The van der Waals surface area contributed by atoms with E-state index in [0.717, 1.165) is 13.0 Å². The summed E-state index contributed by atoms with van der Waals surface area (Å²) >= 11 is 11.9. The lowest BCUT2D eigenvalue weighted by atomic mass is 10.2. The van der Waals surface area contributed by atoms with Crippen molar-refractivity contribution in [3.63, 3.8) is 0 Å². The number of rotatable bonds is 4. The van der Waals surface area contributed by atoms with E-state index in [4.69, 9.17) is 23.2 Å². The maximum atomic E-state index is 9.25. The fourth-order valence-electron chi connectivity index (χ4n) is 1.59. The van der Waals surface area contributed by atoms with E-state index < -0.39 is 0 Å². The normalized spacial score (nSPS) is 10.2. The molecule has 0 bridgehead atoms. The van der Waals surface area contributed by atoms with E-state index in [1.54, 1.807) is 6.07 Å². The molecule has 0 atom stereocenters. The van der Waals surface area contributed by atoms with Crippen LogP contribution in [0.5, 0.6) is 0 Å². The first-order chi connectivity index (χ1) is 9.17. The van der Waals surface area contributed by atoms with Crippen molar-refractivity contribution in [3.05, 3.63) is 27.9 Å². The van der Waals surface area contributed by atoms with Crippen LogP contribution >= 0.6 is 23.2 Å². The summed E-state index contributed by atoms with van der Waals surface area (Å²) in [5, 5.41) is 20.0. The summed E-state index contributed by atoms with van der Waals surface area (Å²) in [5.41, 5.74) is 1.25. The Balaban J connectivity index is 2.45. The lowest BCUT2D eigenvalue weighted by Crippen LogP contribution is -2.01. The van der Waals surface area contributed by atoms with Gasteiger partial charge >= 0.3 is 0 Å². The largest absolute Gasteiger partial charge is 0.369 e. The van der Waals surface area contributed by atoms with Gasteiger partial charge in [0.2, 0.25) is 0 Å². The highest BCUT2D eigenvalue weighted by Crippen LogP contribution is 2.31. The minimum Gasteiger partial charge on any atom is -0.369 e. The Hall–Kier alpha value is -1.77. The summed E-state index contributed by atoms with van der Waals surface area (Å²) in [6, 6.07) is 3.68. The number of hydrogen-bond acceptors (Lipinski definition) is 4. The van der Waals surface area contributed by atoms with Crippen LogP contribution in [0.4, 0.5) is 5.82 Å². The van der Waals surface area contributed by atoms with Crippen LogP contribution in [-0.4, -0.2) is 21.7 Å². The molecule has 7 heteroatoms. The third-order valence-corrected chi connectivity index (χ3v) is 2.96. The first-order valence-electron chi connectivity index (χ1n) is 5.71.